The monoisotopic (exact) mass is 181 g/mol. The zero-order valence-corrected chi connectivity index (χ0v) is 6.80. The van der Waals surface area contributed by atoms with Gasteiger partial charge in [-0.2, -0.15) is 4.98 Å². The van der Waals surface area contributed by atoms with Crippen molar-refractivity contribution in [3.8, 4) is 11.5 Å². The van der Waals surface area contributed by atoms with Crippen LogP contribution in [0.4, 0.5) is 11.8 Å². The lowest BCUT2D eigenvalue weighted by molar-refractivity contribution is 0.310. The largest absolute Gasteiger partial charge is 0.379 e. The minimum atomic E-state index is 0.144. The average Bonchev–Trinajstić information content (AvgIpc) is 2.60. The molecule has 0 spiro atoms. The van der Waals surface area contributed by atoms with E-state index in [-0.39, 0.29) is 11.8 Å². The van der Waals surface area contributed by atoms with E-state index in [9.17, 15) is 0 Å². The van der Waals surface area contributed by atoms with Gasteiger partial charge in [0.05, 0.1) is 0 Å². The van der Waals surface area contributed by atoms with Crippen LogP contribution in [0.2, 0.25) is 0 Å². The minimum Gasteiger partial charge on any atom is -0.379 e. The number of aromatic nitrogens is 5. The lowest BCUT2D eigenvalue weighted by Gasteiger charge is -1.85. The van der Waals surface area contributed by atoms with Crippen molar-refractivity contribution >= 4 is 11.8 Å². The molecular formula is C5H7N7O. The number of hydrogen-bond donors (Lipinski definition) is 2. The summed E-state index contributed by atoms with van der Waals surface area (Å²) in [5.41, 5.74) is 11.2. The smallest absolute Gasteiger partial charge is 0.218 e. The zero-order chi connectivity index (χ0) is 9.42. The van der Waals surface area contributed by atoms with Gasteiger partial charge in [0.1, 0.15) is 0 Å². The van der Waals surface area contributed by atoms with Crippen molar-refractivity contribution in [2.75, 3.05) is 11.5 Å². The quantitative estimate of drug-likeness (QED) is 0.580. The van der Waals surface area contributed by atoms with Crippen LogP contribution in [0.25, 0.3) is 11.5 Å². The summed E-state index contributed by atoms with van der Waals surface area (Å²) in [5, 5.41) is 10.9. The Morgan fingerprint density at radius 2 is 2.08 bits per heavy atom. The summed E-state index contributed by atoms with van der Waals surface area (Å²) >= 11 is 0. The van der Waals surface area contributed by atoms with Gasteiger partial charge in [0.15, 0.2) is 11.5 Å². The van der Waals surface area contributed by atoms with Gasteiger partial charge in [-0.05, 0) is 10.3 Å². The van der Waals surface area contributed by atoms with Crippen LogP contribution in [0.1, 0.15) is 0 Å². The van der Waals surface area contributed by atoms with E-state index < -0.39 is 0 Å². The Labute approximate surface area is 72.5 Å². The second-order valence-electron chi connectivity index (χ2n) is 2.42. The second kappa shape index (κ2) is 2.44. The summed E-state index contributed by atoms with van der Waals surface area (Å²) in [7, 11) is 1.66. The number of nitrogens with two attached hydrogens (primary N) is 2. The van der Waals surface area contributed by atoms with Gasteiger partial charge in [0.2, 0.25) is 11.8 Å². The minimum absolute atomic E-state index is 0.144. The molecule has 0 atom stereocenters. The number of aryl methyl sites for hydroxylation is 1. The highest BCUT2D eigenvalue weighted by Crippen LogP contribution is 2.18. The molecule has 0 aromatic carbocycles. The van der Waals surface area contributed by atoms with Crippen LogP contribution in [-0.4, -0.2) is 25.1 Å². The number of nitrogen functional groups attached to an aromatic ring is 2. The molecule has 0 saturated carbocycles. The van der Waals surface area contributed by atoms with Crippen molar-refractivity contribution in [2.45, 2.75) is 0 Å². The van der Waals surface area contributed by atoms with E-state index >= 15 is 0 Å². The first-order valence-corrected chi connectivity index (χ1v) is 3.43. The molecule has 8 nitrogen and oxygen atoms in total. The van der Waals surface area contributed by atoms with Crippen LogP contribution < -0.4 is 11.5 Å². The topological polar surface area (TPSA) is 122 Å². The summed E-state index contributed by atoms with van der Waals surface area (Å²) in [6.45, 7) is 0. The van der Waals surface area contributed by atoms with Gasteiger partial charge in [-0.25, -0.2) is 9.31 Å². The van der Waals surface area contributed by atoms with Crippen LogP contribution in [0, 0.1) is 0 Å². The van der Waals surface area contributed by atoms with Crippen LogP contribution >= 0.6 is 0 Å². The Kier molecular flexibility index (Phi) is 1.41. The molecule has 8 heteroatoms. The Bertz CT molecular complexity index is 410. The maximum absolute atomic E-state index is 5.47. The molecule has 2 heterocycles. The molecule has 0 aliphatic carbocycles. The van der Waals surface area contributed by atoms with Gasteiger partial charge in [-0.3, -0.25) is 0 Å². The van der Waals surface area contributed by atoms with Crippen LogP contribution in [0.3, 0.4) is 0 Å². The van der Waals surface area contributed by atoms with Crippen LogP contribution in [0.5, 0.6) is 0 Å². The fraction of sp³-hybridized carbons (Fsp3) is 0.200. The predicted molar refractivity (Wildman–Crippen MR) is 43.1 cm³/mol. The summed E-state index contributed by atoms with van der Waals surface area (Å²) in [6.07, 6.45) is 0. The summed E-state index contributed by atoms with van der Waals surface area (Å²) in [6, 6.07) is 0. The molecule has 2 aromatic rings. The first-order valence-electron chi connectivity index (χ1n) is 3.43. The first kappa shape index (κ1) is 7.53. The summed E-state index contributed by atoms with van der Waals surface area (Å²) in [4.78, 5) is 3.90. The van der Waals surface area contributed by atoms with Crippen molar-refractivity contribution in [1.29, 1.82) is 0 Å². The van der Waals surface area contributed by atoms with Gasteiger partial charge in [-0.1, -0.05) is 0 Å². The van der Waals surface area contributed by atoms with E-state index in [1.165, 1.54) is 4.68 Å². The third-order valence-electron chi connectivity index (χ3n) is 1.52. The molecule has 13 heavy (non-hydrogen) atoms. The molecule has 0 aliphatic heterocycles. The third kappa shape index (κ3) is 1.08. The molecule has 0 bridgehead atoms. The Morgan fingerprint density at radius 1 is 1.31 bits per heavy atom. The summed E-state index contributed by atoms with van der Waals surface area (Å²) < 4.78 is 5.80. The van der Waals surface area contributed by atoms with E-state index in [0.29, 0.717) is 11.5 Å². The van der Waals surface area contributed by atoms with Gasteiger partial charge in [0.25, 0.3) is 0 Å². The van der Waals surface area contributed by atoms with E-state index in [4.69, 9.17) is 11.5 Å². The molecule has 0 fully saturated rings. The van der Waals surface area contributed by atoms with Crippen molar-refractivity contribution in [3.05, 3.63) is 0 Å². The van der Waals surface area contributed by atoms with Gasteiger partial charge < -0.3 is 11.5 Å². The van der Waals surface area contributed by atoms with E-state index in [1.54, 1.807) is 7.05 Å². The average molecular weight is 181 g/mol. The molecule has 0 unspecified atom stereocenters. The van der Waals surface area contributed by atoms with E-state index in [2.05, 4.69) is 25.0 Å². The zero-order valence-electron chi connectivity index (χ0n) is 6.80. The van der Waals surface area contributed by atoms with Crippen molar-refractivity contribution in [3.63, 3.8) is 0 Å². The lowest BCUT2D eigenvalue weighted by Crippen LogP contribution is -1.97. The van der Waals surface area contributed by atoms with Crippen molar-refractivity contribution in [2.24, 2.45) is 7.05 Å². The molecule has 2 rings (SSSR count). The fourth-order valence-electron chi connectivity index (χ4n) is 0.847. The fourth-order valence-corrected chi connectivity index (χ4v) is 0.847. The van der Waals surface area contributed by atoms with E-state index in [0.717, 1.165) is 0 Å². The van der Waals surface area contributed by atoms with Gasteiger partial charge in [-0.15, -0.1) is 5.10 Å². The second-order valence-corrected chi connectivity index (χ2v) is 2.42. The van der Waals surface area contributed by atoms with Gasteiger partial charge in [0, 0.05) is 7.05 Å². The van der Waals surface area contributed by atoms with Crippen molar-refractivity contribution < 1.29 is 4.63 Å². The Hall–Kier alpha value is -2.12. The molecule has 2 aromatic heterocycles. The number of anilines is 2. The van der Waals surface area contributed by atoms with Gasteiger partial charge >= 0.3 is 0 Å². The molecule has 68 valence electrons. The first-order chi connectivity index (χ1) is 6.18. The number of nitrogens with zero attached hydrogens (tertiary/aromatic N) is 5. The molecule has 0 radical (unpaired) electrons. The SMILES string of the molecule is Cn1nc(-c2nonc2N)nc1N. The highest BCUT2D eigenvalue weighted by molar-refractivity contribution is 5.62. The third-order valence-corrected chi connectivity index (χ3v) is 1.52. The van der Waals surface area contributed by atoms with Crippen LogP contribution in [-0.2, 0) is 7.05 Å². The highest BCUT2D eigenvalue weighted by Gasteiger charge is 2.14. The number of hydrogen-bond acceptors (Lipinski definition) is 7. The molecular weight excluding hydrogens is 174 g/mol. The summed E-state index contributed by atoms with van der Waals surface area (Å²) in [5.74, 6) is 0.724. The predicted octanol–water partition coefficient (Wildman–Crippen LogP) is -0.970. The molecule has 0 amide bonds. The normalized spacial score (nSPS) is 10.5. The Balaban J connectivity index is 2.53. The van der Waals surface area contributed by atoms with E-state index in [1.807, 2.05) is 0 Å². The van der Waals surface area contributed by atoms with Crippen LogP contribution in [0.15, 0.2) is 4.63 Å². The number of rotatable bonds is 1. The molecule has 0 aliphatic rings. The molecule has 0 saturated heterocycles. The molecule has 4 N–H and O–H groups in total. The standard InChI is InChI=1S/C5H7N7O/c1-12-5(7)8-4(9-12)2-3(6)11-13-10-2/h1H3,(H2,6,11)(H2,7,8,9). The maximum atomic E-state index is 5.47. The Morgan fingerprint density at radius 3 is 2.54 bits per heavy atom. The lowest BCUT2D eigenvalue weighted by atomic mass is 10.4. The highest BCUT2D eigenvalue weighted by atomic mass is 16.6. The van der Waals surface area contributed by atoms with Crippen molar-refractivity contribution in [1.82, 2.24) is 25.1 Å². The maximum Gasteiger partial charge on any atom is 0.218 e.